The lowest BCUT2D eigenvalue weighted by atomic mass is 10.1. The highest BCUT2D eigenvalue weighted by atomic mass is 79.9. The topological polar surface area (TPSA) is 55.4 Å². The third-order valence-corrected chi connectivity index (χ3v) is 7.18. The van der Waals surface area contributed by atoms with Crippen molar-refractivity contribution < 1.29 is 13.2 Å². The summed E-state index contributed by atoms with van der Waals surface area (Å²) in [5.41, 5.74) is 1.76. The van der Waals surface area contributed by atoms with E-state index in [1.165, 1.54) is 11.3 Å². The molecule has 0 aliphatic heterocycles. The molecule has 0 saturated heterocycles. The molecule has 4 nitrogen and oxygen atoms in total. The molecule has 7 heteroatoms. The molecular weight excluding hydrogens is 374 g/mol. The highest BCUT2D eigenvalue weighted by Gasteiger charge is 2.21. The van der Waals surface area contributed by atoms with Crippen LogP contribution in [0, 0.1) is 6.92 Å². The van der Waals surface area contributed by atoms with Gasteiger partial charge in [-0.2, -0.15) is 0 Å². The summed E-state index contributed by atoms with van der Waals surface area (Å²) in [5.74, 6) is 0.702. The van der Waals surface area contributed by atoms with Crippen LogP contribution in [0.2, 0.25) is 0 Å². The summed E-state index contributed by atoms with van der Waals surface area (Å²) in [6, 6.07) is 8.67. The fourth-order valence-corrected chi connectivity index (χ4v) is 5.31. The van der Waals surface area contributed by atoms with Crippen LogP contribution in [0.1, 0.15) is 24.1 Å². The highest BCUT2D eigenvalue weighted by Crippen LogP contribution is 2.31. The quantitative estimate of drug-likeness (QED) is 0.844. The molecule has 1 atom stereocenters. The third-order valence-electron chi connectivity index (χ3n) is 3.03. The van der Waals surface area contributed by atoms with Crippen LogP contribution in [0.3, 0.4) is 0 Å². The minimum Gasteiger partial charge on any atom is -0.497 e. The fraction of sp³-hybridized carbons (Fsp3) is 0.286. The number of ether oxygens (including phenoxy) is 1. The molecule has 0 bridgehead atoms. The smallest absolute Gasteiger partial charge is 0.250 e. The van der Waals surface area contributed by atoms with Crippen LogP contribution in [0.5, 0.6) is 5.75 Å². The molecule has 1 N–H and O–H groups in total. The lowest BCUT2D eigenvalue weighted by molar-refractivity contribution is 0.413. The van der Waals surface area contributed by atoms with E-state index < -0.39 is 10.0 Å². The number of nitrogens with one attached hydrogen (secondary N) is 1. The first-order valence-electron chi connectivity index (χ1n) is 6.25. The molecule has 0 amide bonds. The van der Waals surface area contributed by atoms with E-state index in [4.69, 9.17) is 4.74 Å². The molecule has 0 radical (unpaired) electrons. The van der Waals surface area contributed by atoms with Crippen molar-refractivity contribution >= 4 is 37.3 Å². The number of sulfonamides is 1. The number of hydrogen-bond acceptors (Lipinski definition) is 4. The van der Waals surface area contributed by atoms with Crippen LogP contribution < -0.4 is 9.46 Å². The van der Waals surface area contributed by atoms with Gasteiger partial charge in [-0.15, -0.1) is 11.3 Å². The zero-order chi connectivity index (χ0) is 15.6. The predicted octanol–water partition coefficient (Wildman–Crippen LogP) is 3.87. The van der Waals surface area contributed by atoms with Gasteiger partial charge in [-0.05, 0) is 59.1 Å². The van der Waals surface area contributed by atoms with E-state index in [0.717, 1.165) is 14.9 Å². The molecule has 0 aliphatic carbocycles. The van der Waals surface area contributed by atoms with Crippen molar-refractivity contribution in [2.45, 2.75) is 24.1 Å². The lowest BCUT2D eigenvalue weighted by Gasteiger charge is -2.14. The Morgan fingerprint density at radius 1 is 1.33 bits per heavy atom. The second-order valence-corrected chi connectivity index (χ2v) is 8.95. The van der Waals surface area contributed by atoms with Gasteiger partial charge in [0.1, 0.15) is 9.96 Å². The van der Waals surface area contributed by atoms with Gasteiger partial charge in [-0.25, -0.2) is 13.1 Å². The van der Waals surface area contributed by atoms with Crippen LogP contribution in [0.25, 0.3) is 0 Å². The number of methoxy groups -OCH3 is 1. The van der Waals surface area contributed by atoms with Crippen LogP contribution in [-0.4, -0.2) is 15.5 Å². The molecule has 0 fully saturated rings. The van der Waals surface area contributed by atoms with Crippen molar-refractivity contribution in [2.24, 2.45) is 0 Å². The van der Waals surface area contributed by atoms with Crippen molar-refractivity contribution in [3.8, 4) is 5.75 Å². The number of hydrogen-bond donors (Lipinski definition) is 1. The molecule has 1 heterocycles. The summed E-state index contributed by atoms with van der Waals surface area (Å²) in [7, 11) is -1.95. The minimum atomic E-state index is -3.53. The average molecular weight is 390 g/mol. The number of rotatable bonds is 5. The van der Waals surface area contributed by atoms with Gasteiger partial charge < -0.3 is 4.74 Å². The van der Waals surface area contributed by atoms with E-state index in [-0.39, 0.29) is 6.04 Å². The summed E-state index contributed by atoms with van der Waals surface area (Å²) >= 11 is 4.56. The molecule has 2 rings (SSSR count). The summed E-state index contributed by atoms with van der Waals surface area (Å²) in [6.45, 7) is 3.67. The van der Waals surface area contributed by atoms with Crippen molar-refractivity contribution in [2.75, 3.05) is 7.11 Å². The van der Waals surface area contributed by atoms with E-state index >= 15 is 0 Å². The molecule has 0 saturated carbocycles. The summed E-state index contributed by atoms with van der Waals surface area (Å²) in [6.07, 6.45) is 0. The van der Waals surface area contributed by atoms with Gasteiger partial charge in [0.15, 0.2) is 0 Å². The Morgan fingerprint density at radius 3 is 2.62 bits per heavy atom. The van der Waals surface area contributed by atoms with Crippen molar-refractivity contribution in [3.05, 3.63) is 45.2 Å². The largest absolute Gasteiger partial charge is 0.497 e. The van der Waals surface area contributed by atoms with Gasteiger partial charge in [-0.1, -0.05) is 12.1 Å². The first kappa shape index (κ1) is 16.5. The minimum absolute atomic E-state index is 0.307. The Hall–Kier alpha value is -0.890. The molecule has 1 aromatic heterocycles. The summed E-state index contributed by atoms with van der Waals surface area (Å²) in [5, 5.41) is 0. The van der Waals surface area contributed by atoms with Gasteiger partial charge in [0.05, 0.1) is 10.9 Å². The van der Waals surface area contributed by atoms with Gasteiger partial charge in [0.2, 0.25) is 0 Å². The first-order chi connectivity index (χ1) is 9.83. The van der Waals surface area contributed by atoms with Crippen LogP contribution in [0.15, 0.2) is 38.3 Å². The lowest BCUT2D eigenvalue weighted by Crippen LogP contribution is -2.26. The highest BCUT2D eigenvalue weighted by molar-refractivity contribution is 9.11. The SMILES string of the molecule is COc1cccc(C(C)NS(=O)(=O)c2cc(C)c(Br)s2)c1. The first-order valence-corrected chi connectivity index (χ1v) is 9.35. The monoisotopic (exact) mass is 389 g/mol. The van der Waals surface area contributed by atoms with Crippen molar-refractivity contribution in [1.82, 2.24) is 4.72 Å². The maximum absolute atomic E-state index is 12.4. The van der Waals surface area contributed by atoms with Crippen molar-refractivity contribution in [1.29, 1.82) is 0 Å². The number of benzene rings is 1. The molecule has 2 aromatic rings. The molecule has 0 aliphatic rings. The Morgan fingerprint density at radius 2 is 2.05 bits per heavy atom. The van der Waals surface area contributed by atoms with Crippen molar-refractivity contribution in [3.63, 3.8) is 0 Å². The van der Waals surface area contributed by atoms with Gasteiger partial charge >= 0.3 is 0 Å². The van der Waals surface area contributed by atoms with Gasteiger partial charge in [-0.3, -0.25) is 0 Å². The van der Waals surface area contributed by atoms with E-state index in [0.29, 0.717) is 9.96 Å². The Bertz CT molecular complexity index is 721. The Balaban J connectivity index is 2.23. The maximum atomic E-state index is 12.4. The third kappa shape index (κ3) is 3.85. The zero-order valence-corrected chi connectivity index (χ0v) is 15.1. The molecule has 1 unspecified atom stereocenters. The zero-order valence-electron chi connectivity index (χ0n) is 11.9. The Labute approximate surface area is 137 Å². The average Bonchev–Trinajstić information content (AvgIpc) is 2.79. The van der Waals surface area contributed by atoms with Gasteiger partial charge in [0, 0.05) is 6.04 Å². The Kier molecular flexibility index (Phi) is 5.08. The second-order valence-electron chi connectivity index (χ2n) is 4.64. The molecule has 1 aromatic carbocycles. The van der Waals surface area contributed by atoms with E-state index in [9.17, 15) is 8.42 Å². The summed E-state index contributed by atoms with van der Waals surface area (Å²) < 4.78 is 33.7. The molecular formula is C14H16BrNO3S2. The number of thiophene rings is 1. The van der Waals surface area contributed by atoms with Crippen LogP contribution in [-0.2, 0) is 10.0 Å². The van der Waals surface area contributed by atoms with E-state index in [2.05, 4.69) is 20.7 Å². The van der Waals surface area contributed by atoms with Crippen LogP contribution >= 0.6 is 27.3 Å². The standard InChI is InChI=1S/C14H16BrNO3S2/c1-9-7-13(20-14(9)15)21(17,18)16-10(2)11-5-4-6-12(8-11)19-3/h4-8,10,16H,1-3H3. The van der Waals surface area contributed by atoms with Gasteiger partial charge in [0.25, 0.3) is 10.0 Å². The molecule has 0 spiro atoms. The summed E-state index contributed by atoms with van der Waals surface area (Å²) in [4.78, 5) is 0. The second kappa shape index (κ2) is 6.48. The predicted molar refractivity (Wildman–Crippen MR) is 88.5 cm³/mol. The number of halogens is 1. The molecule has 114 valence electrons. The maximum Gasteiger partial charge on any atom is 0.250 e. The van der Waals surface area contributed by atoms with E-state index in [1.54, 1.807) is 13.2 Å². The fourth-order valence-electron chi connectivity index (χ4n) is 1.83. The van der Waals surface area contributed by atoms with E-state index in [1.807, 2.05) is 38.1 Å². The van der Waals surface area contributed by atoms with Crippen LogP contribution in [0.4, 0.5) is 0 Å². The normalized spacial score (nSPS) is 13.1. The number of aryl methyl sites for hydroxylation is 1. The molecule has 21 heavy (non-hydrogen) atoms.